The highest BCUT2D eigenvalue weighted by Crippen LogP contribution is 2.50. The largest absolute Gasteiger partial charge is 0.456 e. The van der Waals surface area contributed by atoms with Gasteiger partial charge in [0.15, 0.2) is 0 Å². The Kier molecular flexibility index (Phi) is 8.25. The van der Waals surface area contributed by atoms with Crippen molar-refractivity contribution in [3.05, 3.63) is 231 Å². The first-order valence-corrected chi connectivity index (χ1v) is 21.0. The molecular formula is C60H38O. The van der Waals surface area contributed by atoms with Crippen LogP contribution >= 0.6 is 0 Å². The lowest BCUT2D eigenvalue weighted by Gasteiger charge is -2.21. The fourth-order valence-electron chi connectivity index (χ4n) is 9.84. The van der Waals surface area contributed by atoms with E-state index in [0.29, 0.717) is 0 Å². The molecule has 1 aromatic heterocycles. The third-order valence-electron chi connectivity index (χ3n) is 12.5. The molecule has 0 N–H and O–H groups in total. The summed E-state index contributed by atoms with van der Waals surface area (Å²) in [6, 6.07) is 83.7. The normalized spacial score (nSPS) is 11.6. The average molecular weight is 775 g/mol. The molecule has 0 aliphatic rings. The topological polar surface area (TPSA) is 13.1 Å². The highest BCUT2D eigenvalue weighted by molar-refractivity contribution is 6.25. The average Bonchev–Trinajstić information content (AvgIpc) is 3.72. The van der Waals surface area contributed by atoms with Crippen LogP contribution in [0, 0.1) is 0 Å². The van der Waals surface area contributed by atoms with Gasteiger partial charge in [0.25, 0.3) is 0 Å². The fourth-order valence-corrected chi connectivity index (χ4v) is 9.84. The Balaban J connectivity index is 1.15. The van der Waals surface area contributed by atoms with Gasteiger partial charge in [-0.3, -0.25) is 0 Å². The van der Waals surface area contributed by atoms with Crippen molar-refractivity contribution in [2.24, 2.45) is 0 Å². The van der Waals surface area contributed by atoms with Crippen molar-refractivity contribution in [3.63, 3.8) is 0 Å². The third-order valence-corrected chi connectivity index (χ3v) is 12.5. The van der Waals surface area contributed by atoms with Crippen LogP contribution in [0.4, 0.5) is 0 Å². The zero-order chi connectivity index (χ0) is 40.3. The molecule has 12 rings (SSSR count). The summed E-state index contributed by atoms with van der Waals surface area (Å²) < 4.78 is 6.62. The highest BCUT2D eigenvalue weighted by Gasteiger charge is 2.23. The molecular weight excluding hydrogens is 737 g/mol. The van der Waals surface area contributed by atoms with Crippen molar-refractivity contribution >= 4 is 54.3 Å². The van der Waals surface area contributed by atoms with E-state index in [1.54, 1.807) is 0 Å². The Labute approximate surface area is 354 Å². The fraction of sp³-hybridized carbons (Fsp3) is 0. The number of fused-ring (bicyclic) bond motifs is 6. The van der Waals surface area contributed by atoms with E-state index in [2.05, 4.69) is 231 Å². The minimum absolute atomic E-state index is 0.880. The van der Waals surface area contributed by atoms with E-state index in [4.69, 9.17) is 4.42 Å². The molecule has 61 heavy (non-hydrogen) atoms. The van der Waals surface area contributed by atoms with Crippen LogP contribution in [0.25, 0.3) is 121 Å². The Morgan fingerprint density at radius 1 is 0.213 bits per heavy atom. The van der Waals surface area contributed by atoms with Crippen LogP contribution in [-0.2, 0) is 0 Å². The molecule has 0 radical (unpaired) electrons. The first kappa shape index (κ1) is 35.0. The molecule has 1 nitrogen and oxygen atoms in total. The van der Waals surface area contributed by atoms with Crippen molar-refractivity contribution in [1.82, 2.24) is 0 Å². The molecule has 0 bridgehead atoms. The van der Waals surface area contributed by atoms with Crippen LogP contribution in [0.1, 0.15) is 0 Å². The maximum absolute atomic E-state index is 6.62. The molecule has 0 unspecified atom stereocenters. The summed E-state index contributed by atoms with van der Waals surface area (Å²) in [6.45, 7) is 0. The maximum atomic E-state index is 6.62. The second kappa shape index (κ2) is 14.4. The molecule has 0 amide bonds. The smallest absolute Gasteiger partial charge is 0.136 e. The van der Waals surface area contributed by atoms with E-state index in [1.165, 1.54) is 88.0 Å². The molecule has 11 aromatic carbocycles. The van der Waals surface area contributed by atoms with Crippen molar-refractivity contribution in [3.8, 4) is 66.8 Å². The lowest BCUT2D eigenvalue weighted by atomic mass is 9.82. The molecule has 0 atom stereocenters. The van der Waals surface area contributed by atoms with Gasteiger partial charge in [-0.05, 0) is 112 Å². The Bertz CT molecular complexity index is 3560. The van der Waals surface area contributed by atoms with Gasteiger partial charge in [-0.2, -0.15) is 0 Å². The second-order valence-corrected chi connectivity index (χ2v) is 15.9. The molecule has 1 heteroatoms. The quantitative estimate of drug-likeness (QED) is 0.153. The summed E-state index contributed by atoms with van der Waals surface area (Å²) in [7, 11) is 0. The van der Waals surface area contributed by atoms with Crippen molar-refractivity contribution < 1.29 is 4.42 Å². The van der Waals surface area contributed by atoms with Crippen molar-refractivity contribution in [2.75, 3.05) is 0 Å². The van der Waals surface area contributed by atoms with Crippen LogP contribution in [0.15, 0.2) is 235 Å². The van der Waals surface area contributed by atoms with Gasteiger partial charge < -0.3 is 4.42 Å². The molecule has 284 valence electrons. The van der Waals surface area contributed by atoms with Gasteiger partial charge in [-0.15, -0.1) is 0 Å². The van der Waals surface area contributed by atoms with E-state index >= 15 is 0 Å². The summed E-state index contributed by atoms with van der Waals surface area (Å²) in [5, 5.41) is 9.64. The number of benzene rings is 11. The summed E-state index contributed by atoms with van der Waals surface area (Å²) in [5.74, 6) is 0. The summed E-state index contributed by atoms with van der Waals surface area (Å²) in [6.07, 6.45) is 0. The van der Waals surface area contributed by atoms with Crippen LogP contribution in [-0.4, -0.2) is 0 Å². The summed E-state index contributed by atoms with van der Waals surface area (Å²) >= 11 is 0. The van der Waals surface area contributed by atoms with Gasteiger partial charge in [0.2, 0.25) is 0 Å². The van der Waals surface area contributed by atoms with Gasteiger partial charge in [0.05, 0.1) is 0 Å². The zero-order valence-electron chi connectivity index (χ0n) is 33.3. The van der Waals surface area contributed by atoms with Crippen LogP contribution in [0.5, 0.6) is 0 Å². The number of hydrogen-bond donors (Lipinski definition) is 0. The lowest BCUT2D eigenvalue weighted by Crippen LogP contribution is -1.94. The first-order valence-electron chi connectivity index (χ1n) is 21.0. The molecule has 0 saturated heterocycles. The molecule has 0 aliphatic carbocycles. The standard InChI is InChI=1S/C60H38O/c1-4-18-39(19-5-1)43-33-32-42(38-54(43)40-20-6-2-7-21-40)44-36-37-56-60(53-30-16-17-31-55(53)61-56)59(44)52-35-34-51(45-24-10-11-25-46(45)52)58-49-28-14-12-26-47(49)57(41-22-8-3-9-23-41)48-27-13-15-29-50(48)58/h1-38H. The van der Waals surface area contributed by atoms with Crippen LogP contribution < -0.4 is 0 Å². The first-order chi connectivity index (χ1) is 30.3. The van der Waals surface area contributed by atoms with Crippen LogP contribution in [0.2, 0.25) is 0 Å². The van der Waals surface area contributed by atoms with Gasteiger partial charge in [0, 0.05) is 16.3 Å². The van der Waals surface area contributed by atoms with Gasteiger partial charge >= 0.3 is 0 Å². The molecule has 0 saturated carbocycles. The van der Waals surface area contributed by atoms with Gasteiger partial charge in [-0.1, -0.05) is 212 Å². The van der Waals surface area contributed by atoms with Crippen molar-refractivity contribution in [1.29, 1.82) is 0 Å². The minimum atomic E-state index is 0.880. The molecule has 0 fully saturated rings. The molecule has 0 aliphatic heterocycles. The van der Waals surface area contributed by atoms with E-state index in [-0.39, 0.29) is 0 Å². The minimum Gasteiger partial charge on any atom is -0.456 e. The van der Waals surface area contributed by atoms with E-state index in [9.17, 15) is 0 Å². The Morgan fingerprint density at radius 2 is 0.639 bits per heavy atom. The van der Waals surface area contributed by atoms with E-state index in [1.807, 2.05) is 0 Å². The summed E-state index contributed by atoms with van der Waals surface area (Å²) in [5.41, 5.74) is 16.2. The summed E-state index contributed by atoms with van der Waals surface area (Å²) in [4.78, 5) is 0. The van der Waals surface area contributed by atoms with Crippen LogP contribution in [0.3, 0.4) is 0 Å². The number of rotatable bonds is 6. The number of hydrogen-bond acceptors (Lipinski definition) is 1. The SMILES string of the molecule is c1ccc(-c2ccc(-c3ccc4oc5ccccc5c4c3-c3ccc(-c4c5ccccc5c(-c5ccccc5)c5ccccc45)c4ccccc34)cc2-c2ccccc2)cc1. The zero-order valence-corrected chi connectivity index (χ0v) is 33.3. The Hall–Kier alpha value is -8.00. The van der Waals surface area contributed by atoms with Gasteiger partial charge in [-0.25, -0.2) is 0 Å². The Morgan fingerprint density at radius 3 is 1.23 bits per heavy atom. The monoisotopic (exact) mass is 774 g/mol. The van der Waals surface area contributed by atoms with E-state index in [0.717, 1.165) is 33.1 Å². The predicted molar refractivity (Wildman–Crippen MR) is 259 cm³/mol. The third kappa shape index (κ3) is 5.70. The second-order valence-electron chi connectivity index (χ2n) is 15.9. The molecule has 0 spiro atoms. The van der Waals surface area contributed by atoms with Gasteiger partial charge in [0.1, 0.15) is 11.2 Å². The van der Waals surface area contributed by atoms with Crippen molar-refractivity contribution in [2.45, 2.75) is 0 Å². The molecule has 1 heterocycles. The molecule has 12 aromatic rings. The highest BCUT2D eigenvalue weighted by atomic mass is 16.3. The number of furan rings is 1. The predicted octanol–water partition coefficient (Wildman–Crippen LogP) is 17.0. The van der Waals surface area contributed by atoms with E-state index < -0.39 is 0 Å². The number of para-hydroxylation sites is 1. The lowest BCUT2D eigenvalue weighted by molar-refractivity contribution is 0.669. The maximum Gasteiger partial charge on any atom is 0.136 e.